The Morgan fingerprint density at radius 2 is 2.09 bits per heavy atom. The molecule has 2 N–H and O–H groups in total. The smallest absolute Gasteiger partial charge is 0.307 e. The fourth-order valence-corrected chi connectivity index (χ4v) is 4.53. The average Bonchev–Trinajstić information content (AvgIpc) is 3.23. The molecule has 1 aliphatic rings. The highest BCUT2D eigenvalue weighted by Crippen LogP contribution is 2.32. The van der Waals surface area contributed by atoms with E-state index in [1.165, 1.54) is 10.4 Å². The van der Waals surface area contributed by atoms with Crippen molar-refractivity contribution in [3.63, 3.8) is 0 Å². The molecule has 0 bridgehead atoms. The normalized spacial score (nSPS) is 20.9. The summed E-state index contributed by atoms with van der Waals surface area (Å²) in [6.45, 7) is 0.470. The number of carbonyl (C=O) groups is 2. The number of rotatable bonds is 5. The minimum absolute atomic E-state index is 0.129. The summed E-state index contributed by atoms with van der Waals surface area (Å²) in [4.78, 5) is 25.7. The van der Waals surface area contributed by atoms with Gasteiger partial charge in [0.25, 0.3) is 0 Å². The third-order valence-electron chi connectivity index (χ3n) is 4.07. The number of amides is 1. The van der Waals surface area contributed by atoms with Gasteiger partial charge in [-0.3, -0.25) is 9.59 Å². The number of carboxylic acid groups (broad SMARTS) is 1. The highest BCUT2D eigenvalue weighted by atomic mass is 32.1. The van der Waals surface area contributed by atoms with E-state index in [2.05, 4.69) is 22.8 Å². The van der Waals surface area contributed by atoms with Gasteiger partial charge in [0.05, 0.1) is 18.4 Å². The molecule has 0 aliphatic heterocycles. The van der Waals surface area contributed by atoms with Crippen molar-refractivity contribution in [1.29, 1.82) is 0 Å². The van der Waals surface area contributed by atoms with Crippen LogP contribution in [0.1, 0.15) is 24.1 Å². The molecule has 2 unspecified atom stereocenters. The molecule has 1 saturated carbocycles. The first kappa shape index (κ1) is 15.2. The number of nitrogens with one attached hydrogen (secondary N) is 1. The summed E-state index contributed by atoms with van der Waals surface area (Å²) in [5.74, 6) is -1.89. The Labute approximate surface area is 136 Å². The zero-order valence-electron chi connectivity index (χ0n) is 12.0. The summed E-state index contributed by atoms with van der Waals surface area (Å²) < 4.78 is 0. The first-order chi connectivity index (χ1) is 10.6. The van der Waals surface area contributed by atoms with Gasteiger partial charge in [-0.2, -0.15) is 0 Å². The van der Waals surface area contributed by atoms with E-state index in [4.69, 9.17) is 5.11 Å². The molecule has 1 aliphatic carbocycles. The summed E-state index contributed by atoms with van der Waals surface area (Å²) >= 11 is 3.31. The highest BCUT2D eigenvalue weighted by Gasteiger charge is 2.37. The predicted molar refractivity (Wildman–Crippen MR) is 87.9 cm³/mol. The molecular weight excluding hydrogens is 318 g/mol. The van der Waals surface area contributed by atoms with Crippen molar-refractivity contribution in [3.05, 3.63) is 33.8 Å². The zero-order valence-corrected chi connectivity index (χ0v) is 13.6. The van der Waals surface area contributed by atoms with Gasteiger partial charge < -0.3 is 10.4 Å². The molecular formula is C16H17NO3S2. The molecule has 2 aromatic rings. The van der Waals surface area contributed by atoms with Gasteiger partial charge in [0.1, 0.15) is 0 Å². The van der Waals surface area contributed by atoms with Crippen LogP contribution >= 0.6 is 22.7 Å². The largest absolute Gasteiger partial charge is 0.481 e. The van der Waals surface area contributed by atoms with Gasteiger partial charge in [0.15, 0.2) is 0 Å². The van der Waals surface area contributed by atoms with Crippen molar-refractivity contribution < 1.29 is 14.7 Å². The molecule has 3 rings (SSSR count). The summed E-state index contributed by atoms with van der Waals surface area (Å²) in [7, 11) is 0. The van der Waals surface area contributed by atoms with E-state index in [0.717, 1.165) is 11.3 Å². The van der Waals surface area contributed by atoms with Crippen molar-refractivity contribution in [2.24, 2.45) is 11.8 Å². The van der Waals surface area contributed by atoms with E-state index in [0.29, 0.717) is 19.4 Å². The topological polar surface area (TPSA) is 66.4 Å². The molecule has 22 heavy (non-hydrogen) atoms. The second-order valence-corrected chi connectivity index (χ2v) is 7.42. The van der Waals surface area contributed by atoms with Crippen molar-refractivity contribution >= 4 is 34.6 Å². The first-order valence-corrected chi connectivity index (χ1v) is 9.03. The fraction of sp³-hybridized carbons (Fsp3) is 0.375. The molecule has 1 fully saturated rings. The second-order valence-electron chi connectivity index (χ2n) is 5.48. The number of carbonyl (C=O) groups excluding carboxylic acids is 1. The zero-order chi connectivity index (χ0) is 15.5. The molecule has 0 spiro atoms. The maximum atomic E-state index is 12.2. The van der Waals surface area contributed by atoms with Crippen LogP contribution in [-0.4, -0.2) is 17.0 Å². The molecule has 0 saturated heterocycles. The van der Waals surface area contributed by atoms with E-state index < -0.39 is 11.9 Å². The van der Waals surface area contributed by atoms with E-state index in [9.17, 15) is 9.59 Å². The molecule has 2 atom stereocenters. The summed E-state index contributed by atoms with van der Waals surface area (Å²) in [6.07, 6.45) is 2.10. The molecule has 6 heteroatoms. The van der Waals surface area contributed by atoms with Crippen LogP contribution < -0.4 is 5.32 Å². The van der Waals surface area contributed by atoms with Gasteiger partial charge in [-0.05, 0) is 35.7 Å². The molecule has 2 aromatic heterocycles. The fourth-order valence-electron chi connectivity index (χ4n) is 2.92. The van der Waals surface area contributed by atoms with Crippen LogP contribution in [0.3, 0.4) is 0 Å². The van der Waals surface area contributed by atoms with Crippen LogP contribution in [0.25, 0.3) is 10.4 Å². The summed E-state index contributed by atoms with van der Waals surface area (Å²) in [5.41, 5.74) is 1.17. The minimum atomic E-state index is -0.853. The van der Waals surface area contributed by atoms with Gasteiger partial charge in [-0.1, -0.05) is 12.5 Å². The van der Waals surface area contributed by atoms with Crippen LogP contribution in [0.15, 0.2) is 29.0 Å². The lowest BCUT2D eigenvalue weighted by Crippen LogP contribution is -2.34. The molecule has 0 aromatic carbocycles. The lowest BCUT2D eigenvalue weighted by Gasteiger charge is -2.15. The summed E-state index contributed by atoms with van der Waals surface area (Å²) in [5, 5.41) is 16.2. The molecule has 116 valence electrons. The van der Waals surface area contributed by atoms with E-state index in [-0.39, 0.29) is 11.8 Å². The third kappa shape index (κ3) is 3.23. The highest BCUT2D eigenvalue weighted by molar-refractivity contribution is 7.14. The van der Waals surface area contributed by atoms with Gasteiger partial charge in [0.2, 0.25) is 5.91 Å². The van der Waals surface area contributed by atoms with Crippen LogP contribution in [0, 0.1) is 11.8 Å². The number of hydrogen-bond acceptors (Lipinski definition) is 4. The standard InChI is InChI=1S/C16H17NO3S2/c18-15(12-3-1-4-13(12)16(19)20)17-8-11-7-10(9-22-11)14-5-2-6-21-14/h2,5-7,9,12-13H,1,3-4,8H2,(H,17,18)(H,19,20). The summed E-state index contributed by atoms with van der Waals surface area (Å²) in [6, 6.07) is 6.18. The van der Waals surface area contributed by atoms with Crippen molar-refractivity contribution in [3.8, 4) is 10.4 Å². The average molecular weight is 335 g/mol. The van der Waals surface area contributed by atoms with Crippen molar-refractivity contribution in [2.75, 3.05) is 0 Å². The maximum absolute atomic E-state index is 12.2. The van der Waals surface area contributed by atoms with Gasteiger partial charge in [0, 0.05) is 15.3 Å². The monoisotopic (exact) mass is 335 g/mol. The number of aliphatic carboxylic acids is 1. The Balaban J connectivity index is 1.58. The molecule has 4 nitrogen and oxygen atoms in total. The van der Waals surface area contributed by atoms with Crippen molar-refractivity contribution in [1.82, 2.24) is 5.32 Å². The van der Waals surface area contributed by atoms with E-state index in [1.807, 2.05) is 11.4 Å². The number of hydrogen-bond donors (Lipinski definition) is 2. The lowest BCUT2D eigenvalue weighted by atomic mass is 9.95. The molecule has 0 radical (unpaired) electrons. The van der Waals surface area contributed by atoms with E-state index >= 15 is 0 Å². The van der Waals surface area contributed by atoms with Crippen LogP contribution in [-0.2, 0) is 16.1 Å². The lowest BCUT2D eigenvalue weighted by molar-refractivity contribution is -0.146. The second kappa shape index (κ2) is 6.62. The van der Waals surface area contributed by atoms with Crippen LogP contribution in [0.2, 0.25) is 0 Å². The van der Waals surface area contributed by atoms with Gasteiger partial charge in [-0.15, -0.1) is 22.7 Å². The first-order valence-electron chi connectivity index (χ1n) is 7.27. The van der Waals surface area contributed by atoms with Crippen LogP contribution in [0.4, 0.5) is 0 Å². The van der Waals surface area contributed by atoms with Crippen molar-refractivity contribution in [2.45, 2.75) is 25.8 Å². The maximum Gasteiger partial charge on any atom is 0.307 e. The Morgan fingerprint density at radius 3 is 2.82 bits per heavy atom. The Bertz CT molecular complexity index is 663. The van der Waals surface area contributed by atoms with Crippen LogP contribution in [0.5, 0.6) is 0 Å². The Kier molecular flexibility index (Phi) is 4.59. The molecule has 2 heterocycles. The van der Waals surface area contributed by atoms with Gasteiger partial charge >= 0.3 is 5.97 Å². The molecule has 1 amide bonds. The number of carboxylic acids is 1. The SMILES string of the molecule is O=C(O)C1CCCC1C(=O)NCc1cc(-c2cccs2)cs1. The minimum Gasteiger partial charge on any atom is -0.481 e. The number of thiophene rings is 2. The predicted octanol–water partition coefficient (Wildman–Crippen LogP) is 3.59. The van der Waals surface area contributed by atoms with E-state index in [1.54, 1.807) is 22.7 Å². The third-order valence-corrected chi connectivity index (χ3v) is 5.92. The Hall–Kier alpha value is -1.66. The van der Waals surface area contributed by atoms with Gasteiger partial charge in [-0.25, -0.2) is 0 Å². The quantitative estimate of drug-likeness (QED) is 0.877. The Morgan fingerprint density at radius 1 is 1.27 bits per heavy atom.